The molecule has 0 spiro atoms. The Morgan fingerprint density at radius 2 is 1.82 bits per heavy atom. The molecule has 0 saturated carbocycles. The monoisotopic (exact) mass is 627 g/mol. The molecule has 0 radical (unpaired) electrons. The lowest BCUT2D eigenvalue weighted by atomic mass is 10.0. The first kappa shape index (κ1) is 28.9. The second kappa shape index (κ2) is 11.5. The highest BCUT2D eigenvalue weighted by Gasteiger charge is 2.47. The van der Waals surface area contributed by atoms with Gasteiger partial charge in [0.2, 0.25) is 5.88 Å². The molecule has 9 nitrogen and oxygen atoms in total. The number of aromatic nitrogens is 4. The molecule has 2 aromatic carbocycles. The molecule has 1 atom stereocenters. The molecule has 1 aliphatic rings. The lowest BCUT2D eigenvalue weighted by molar-refractivity contribution is -0.192. The Labute approximate surface area is 231 Å². The number of hydrogen-bond acceptors (Lipinski definition) is 6. The molecule has 1 saturated heterocycles. The zero-order valence-electron chi connectivity index (χ0n) is 20.2. The molecule has 15 heteroatoms. The van der Waals surface area contributed by atoms with E-state index in [1.54, 1.807) is 42.6 Å². The van der Waals surface area contributed by atoms with Gasteiger partial charge >= 0.3 is 12.1 Å². The number of pyridine rings is 1. The van der Waals surface area contributed by atoms with Crippen LogP contribution in [0.5, 0.6) is 5.88 Å². The number of halogens is 6. The number of carbonyl (C=O) groups is 2. The van der Waals surface area contributed by atoms with Gasteiger partial charge in [0.15, 0.2) is 6.10 Å². The van der Waals surface area contributed by atoms with E-state index in [1.807, 2.05) is 18.2 Å². The summed E-state index contributed by atoms with van der Waals surface area (Å²) in [5.41, 5.74) is 1.48. The van der Waals surface area contributed by atoms with Gasteiger partial charge in [-0.15, -0.1) is 5.10 Å². The van der Waals surface area contributed by atoms with Gasteiger partial charge in [0, 0.05) is 28.9 Å². The molecule has 1 N–H and O–H groups in total. The normalized spacial score (nSPS) is 16.6. The molecule has 0 aliphatic carbocycles. The van der Waals surface area contributed by atoms with Gasteiger partial charge in [0.25, 0.3) is 11.8 Å². The minimum atomic E-state index is -5.08. The van der Waals surface area contributed by atoms with E-state index in [4.69, 9.17) is 14.6 Å². The first-order valence-corrected chi connectivity index (χ1v) is 12.3. The maximum atomic E-state index is 14.8. The average molecular weight is 628 g/mol. The number of nitrogens with zero attached hydrogens (tertiary/aromatic N) is 5. The zero-order valence-corrected chi connectivity index (χ0v) is 21.8. The predicted molar refractivity (Wildman–Crippen MR) is 134 cm³/mol. The summed E-state index contributed by atoms with van der Waals surface area (Å²) in [5.74, 6) is -6.15. The summed E-state index contributed by atoms with van der Waals surface area (Å²) in [7, 11) is 0. The number of rotatable bonds is 4. The molecule has 0 bridgehead atoms. The van der Waals surface area contributed by atoms with Gasteiger partial charge in [-0.1, -0.05) is 39.3 Å². The highest BCUT2D eigenvalue weighted by molar-refractivity contribution is 9.10. The highest BCUT2D eigenvalue weighted by Crippen LogP contribution is 2.33. The molecule has 1 fully saturated rings. The maximum absolute atomic E-state index is 14.8. The second-order valence-corrected chi connectivity index (χ2v) is 9.44. The topological polar surface area (TPSA) is 110 Å². The third-order valence-electron chi connectivity index (χ3n) is 5.80. The number of piperidine rings is 1. The van der Waals surface area contributed by atoms with Crippen LogP contribution in [0.4, 0.5) is 22.0 Å². The molecule has 1 aliphatic heterocycles. The summed E-state index contributed by atoms with van der Waals surface area (Å²) in [5, 5.41) is 15.7. The zero-order chi connectivity index (χ0) is 29.1. The Bertz CT molecular complexity index is 1520. The van der Waals surface area contributed by atoms with Crippen molar-refractivity contribution in [2.45, 2.75) is 24.6 Å². The Hall–Kier alpha value is -4.14. The van der Waals surface area contributed by atoms with Crippen molar-refractivity contribution in [2.24, 2.45) is 0 Å². The van der Waals surface area contributed by atoms with Crippen molar-refractivity contribution >= 4 is 38.7 Å². The fourth-order valence-corrected chi connectivity index (χ4v) is 4.18. The van der Waals surface area contributed by atoms with Crippen molar-refractivity contribution in [3.63, 3.8) is 0 Å². The van der Waals surface area contributed by atoms with Crippen LogP contribution in [0.15, 0.2) is 71.5 Å². The van der Waals surface area contributed by atoms with E-state index >= 15 is 0 Å². The molecule has 1 amide bonds. The molecular formula is C25H19BrF5N5O4. The van der Waals surface area contributed by atoms with Crippen LogP contribution < -0.4 is 4.74 Å². The quantitative estimate of drug-likeness (QED) is 0.312. The molecule has 2 aromatic heterocycles. The fourth-order valence-electron chi connectivity index (χ4n) is 3.82. The summed E-state index contributed by atoms with van der Waals surface area (Å²) in [4.78, 5) is 28.0. The smallest absolute Gasteiger partial charge is 0.475 e. The lowest BCUT2D eigenvalue weighted by Crippen LogP contribution is -2.55. The van der Waals surface area contributed by atoms with Gasteiger partial charge < -0.3 is 14.7 Å². The minimum absolute atomic E-state index is 0.0958. The van der Waals surface area contributed by atoms with Gasteiger partial charge in [0.05, 0.1) is 35.7 Å². The van der Waals surface area contributed by atoms with Crippen LogP contribution in [-0.4, -0.2) is 73.2 Å². The molecule has 0 unspecified atom stereocenters. The number of carboxylic acid groups (broad SMARTS) is 1. The summed E-state index contributed by atoms with van der Waals surface area (Å²) in [6.07, 6.45) is -4.01. The van der Waals surface area contributed by atoms with Crippen molar-refractivity contribution < 1.29 is 41.4 Å². The number of alkyl halides is 5. The Balaban J connectivity index is 0.000000470. The number of aliphatic carboxylic acids is 1. The maximum Gasteiger partial charge on any atom is 0.490 e. The molecule has 210 valence electrons. The van der Waals surface area contributed by atoms with E-state index in [1.165, 1.54) is 15.8 Å². The molecule has 4 aromatic rings. The molecule has 3 heterocycles. The Morgan fingerprint density at radius 1 is 1.10 bits per heavy atom. The van der Waals surface area contributed by atoms with Crippen LogP contribution in [0, 0.1) is 0 Å². The van der Waals surface area contributed by atoms with Crippen LogP contribution in [0.3, 0.4) is 0 Å². The van der Waals surface area contributed by atoms with Crippen molar-refractivity contribution in [2.75, 3.05) is 13.1 Å². The number of amides is 1. The number of para-hydroxylation sites is 1. The van der Waals surface area contributed by atoms with E-state index in [0.717, 1.165) is 5.39 Å². The second-order valence-electron chi connectivity index (χ2n) is 8.52. The molecule has 40 heavy (non-hydrogen) atoms. The number of likely N-dealkylation sites (tertiary alicyclic amines) is 1. The van der Waals surface area contributed by atoms with Gasteiger partial charge in [0.1, 0.15) is 0 Å². The van der Waals surface area contributed by atoms with Crippen LogP contribution in [-0.2, 0) is 4.79 Å². The van der Waals surface area contributed by atoms with Gasteiger partial charge in [-0.3, -0.25) is 4.79 Å². The number of carboxylic acids is 1. The fraction of sp³-hybridized carbons (Fsp3) is 0.240. The average Bonchev–Trinajstić information content (AvgIpc) is 3.44. The molecular weight excluding hydrogens is 609 g/mol. The Morgan fingerprint density at radius 3 is 2.50 bits per heavy atom. The van der Waals surface area contributed by atoms with Crippen LogP contribution in [0.25, 0.3) is 16.6 Å². The minimum Gasteiger partial charge on any atom is -0.475 e. The number of benzene rings is 2. The van der Waals surface area contributed by atoms with E-state index in [2.05, 4.69) is 31.2 Å². The van der Waals surface area contributed by atoms with Crippen molar-refractivity contribution in [1.29, 1.82) is 0 Å². The number of carbonyl (C=O) groups excluding carboxylic acids is 1. The first-order chi connectivity index (χ1) is 18.8. The van der Waals surface area contributed by atoms with Crippen LogP contribution in [0.1, 0.15) is 16.8 Å². The van der Waals surface area contributed by atoms with E-state index in [0.29, 0.717) is 21.2 Å². The van der Waals surface area contributed by atoms with Gasteiger partial charge in [-0.2, -0.15) is 13.2 Å². The standard InChI is InChI=1S/C23H18BrF2N5O2.C2HF3O2/c24-16-6-7-19(31-12-10-27-29-31)17(13-16)22(32)30-11-9-23(25,26)20(14-30)33-21-8-5-15-3-1-2-4-18(15)28-21;3-2(4,5)1(6)7/h1-8,10,12-13,20H,9,11,14H2;(H,6,7)/t20-;/m0./s1. The third-order valence-corrected chi connectivity index (χ3v) is 6.29. The highest BCUT2D eigenvalue weighted by atomic mass is 79.9. The number of ether oxygens (including phenoxy) is 1. The number of hydrogen-bond donors (Lipinski definition) is 1. The van der Waals surface area contributed by atoms with E-state index < -0.39 is 36.5 Å². The van der Waals surface area contributed by atoms with E-state index in [9.17, 15) is 26.7 Å². The largest absolute Gasteiger partial charge is 0.490 e. The van der Waals surface area contributed by atoms with Crippen molar-refractivity contribution in [1.82, 2.24) is 24.9 Å². The predicted octanol–water partition coefficient (Wildman–Crippen LogP) is 5.14. The van der Waals surface area contributed by atoms with Crippen LogP contribution >= 0.6 is 15.9 Å². The van der Waals surface area contributed by atoms with Crippen molar-refractivity contribution in [3.8, 4) is 11.6 Å². The summed E-state index contributed by atoms with van der Waals surface area (Å²) >= 11 is 3.38. The first-order valence-electron chi connectivity index (χ1n) is 11.5. The summed E-state index contributed by atoms with van der Waals surface area (Å²) in [6, 6.07) is 15.8. The van der Waals surface area contributed by atoms with Crippen molar-refractivity contribution in [3.05, 3.63) is 77.0 Å². The van der Waals surface area contributed by atoms with E-state index in [-0.39, 0.29) is 19.0 Å². The Kier molecular flexibility index (Phi) is 8.32. The summed E-state index contributed by atoms with van der Waals surface area (Å²) < 4.78 is 69.0. The van der Waals surface area contributed by atoms with Gasteiger partial charge in [-0.05, 0) is 30.3 Å². The van der Waals surface area contributed by atoms with Gasteiger partial charge in [-0.25, -0.2) is 23.2 Å². The number of fused-ring (bicyclic) bond motifs is 1. The lowest BCUT2D eigenvalue weighted by Gasteiger charge is -2.38. The SMILES string of the molecule is O=C(O)C(F)(F)F.O=C(c1cc(Br)ccc1-n1ccnn1)N1CCC(F)(F)[C@@H](Oc2ccc3ccccc3n2)C1. The van der Waals surface area contributed by atoms with Crippen LogP contribution in [0.2, 0.25) is 0 Å². The molecule has 5 rings (SSSR count). The third kappa shape index (κ3) is 6.70. The summed E-state index contributed by atoms with van der Waals surface area (Å²) in [6.45, 7) is -0.371.